The van der Waals surface area contributed by atoms with E-state index in [1.807, 2.05) is 23.2 Å². The lowest BCUT2D eigenvalue weighted by Crippen LogP contribution is -2.54. The van der Waals surface area contributed by atoms with Crippen molar-refractivity contribution in [2.24, 2.45) is 0 Å². The van der Waals surface area contributed by atoms with Gasteiger partial charge in [-0.25, -0.2) is 5.01 Å². The quantitative estimate of drug-likeness (QED) is 0.780. The van der Waals surface area contributed by atoms with E-state index < -0.39 is 6.23 Å². The second-order valence-corrected chi connectivity index (χ2v) is 5.35. The highest BCUT2D eigenvalue weighted by atomic mass is 35.5. The fourth-order valence-corrected chi connectivity index (χ4v) is 3.08. The van der Waals surface area contributed by atoms with Crippen molar-refractivity contribution < 1.29 is 9.53 Å². The van der Waals surface area contributed by atoms with Crippen molar-refractivity contribution in [1.29, 1.82) is 0 Å². The second kappa shape index (κ2) is 5.49. The number of piperidine rings is 1. The molecule has 2 heterocycles. The van der Waals surface area contributed by atoms with Crippen molar-refractivity contribution in [1.82, 2.24) is 5.01 Å². The number of hydrogen-bond donors (Lipinski definition) is 0. The van der Waals surface area contributed by atoms with Gasteiger partial charge in [0.25, 0.3) is 0 Å². The minimum atomic E-state index is -0.564. The van der Waals surface area contributed by atoms with Crippen LogP contribution in [0.3, 0.4) is 0 Å². The fourth-order valence-electron chi connectivity index (χ4n) is 2.80. The van der Waals surface area contributed by atoms with Crippen molar-refractivity contribution in [3.63, 3.8) is 0 Å². The first-order valence-corrected chi connectivity index (χ1v) is 7.07. The Kier molecular flexibility index (Phi) is 3.73. The molecule has 0 saturated carbocycles. The minimum Gasteiger partial charge on any atom is -0.345 e. The second-order valence-electron chi connectivity index (χ2n) is 4.94. The number of fused-ring (bicyclic) bond motifs is 1. The van der Waals surface area contributed by atoms with Crippen LogP contribution in [0.25, 0.3) is 0 Å². The molecule has 1 unspecified atom stereocenters. The molecule has 1 fully saturated rings. The van der Waals surface area contributed by atoms with Crippen LogP contribution < -0.4 is 5.01 Å². The van der Waals surface area contributed by atoms with Crippen molar-refractivity contribution in [2.45, 2.75) is 32.1 Å². The number of benzene rings is 1. The van der Waals surface area contributed by atoms with Gasteiger partial charge in [-0.1, -0.05) is 30.2 Å². The van der Waals surface area contributed by atoms with Crippen LogP contribution in [0, 0.1) is 0 Å². The topological polar surface area (TPSA) is 32.8 Å². The number of carbonyl (C=O) groups is 1. The lowest BCUT2D eigenvalue weighted by molar-refractivity contribution is -0.122. The van der Waals surface area contributed by atoms with Gasteiger partial charge in [0.15, 0.2) is 6.29 Å². The van der Waals surface area contributed by atoms with Crippen molar-refractivity contribution in [2.75, 3.05) is 18.1 Å². The maximum atomic E-state index is 11.3. The standard InChI is InChI=1S/C14H17ClN2O2/c15-12-6-4-5-11-10-19-13(9-18)17(14(11)12)16-7-2-1-3-8-16/h4-6,9,13H,1-3,7-8,10H2. The summed E-state index contributed by atoms with van der Waals surface area (Å²) in [6, 6.07) is 5.78. The molecule has 0 N–H and O–H groups in total. The largest absolute Gasteiger partial charge is 0.345 e. The number of aldehydes is 1. The van der Waals surface area contributed by atoms with Gasteiger partial charge >= 0.3 is 0 Å². The van der Waals surface area contributed by atoms with Gasteiger partial charge in [0, 0.05) is 18.7 Å². The number of carbonyl (C=O) groups excluding carboxylic acids is 1. The maximum Gasteiger partial charge on any atom is 0.200 e. The molecule has 1 atom stereocenters. The SMILES string of the molecule is O=CC1OCc2cccc(Cl)c2N1N1CCCCC1. The van der Waals surface area contributed by atoms with Gasteiger partial charge in [-0.2, -0.15) is 0 Å². The molecule has 0 aromatic heterocycles. The Bertz CT molecular complexity index is 475. The van der Waals surface area contributed by atoms with Crippen LogP contribution in [0.2, 0.25) is 5.02 Å². The van der Waals surface area contributed by atoms with Crippen LogP contribution in [-0.2, 0) is 16.1 Å². The van der Waals surface area contributed by atoms with Crippen LogP contribution in [-0.4, -0.2) is 30.6 Å². The van der Waals surface area contributed by atoms with Crippen molar-refractivity contribution >= 4 is 23.6 Å². The van der Waals surface area contributed by atoms with E-state index in [0.29, 0.717) is 11.6 Å². The molecule has 2 aliphatic rings. The van der Waals surface area contributed by atoms with Gasteiger partial charge in [0.05, 0.1) is 17.3 Å². The monoisotopic (exact) mass is 280 g/mol. The van der Waals surface area contributed by atoms with Crippen LogP contribution in [0.1, 0.15) is 24.8 Å². The lowest BCUT2D eigenvalue weighted by Gasteiger charge is -2.44. The number of hydrogen-bond acceptors (Lipinski definition) is 4. The van der Waals surface area contributed by atoms with Crippen molar-refractivity contribution in [3.8, 4) is 0 Å². The highest BCUT2D eigenvalue weighted by Gasteiger charge is 2.33. The molecular formula is C14H17ClN2O2. The Labute approximate surface area is 117 Å². The molecule has 1 aromatic carbocycles. The van der Waals surface area contributed by atoms with Gasteiger partial charge in [0.1, 0.15) is 0 Å². The summed E-state index contributed by atoms with van der Waals surface area (Å²) in [5.74, 6) is 0. The molecule has 102 valence electrons. The zero-order chi connectivity index (χ0) is 13.2. The molecular weight excluding hydrogens is 264 g/mol. The van der Waals surface area contributed by atoms with Crippen molar-refractivity contribution in [3.05, 3.63) is 28.8 Å². The molecule has 3 rings (SSSR count). The molecule has 0 amide bonds. The predicted octanol–water partition coefficient (Wildman–Crippen LogP) is 2.60. The Hall–Kier alpha value is -1.10. The first-order valence-electron chi connectivity index (χ1n) is 6.69. The van der Waals surface area contributed by atoms with Gasteiger partial charge < -0.3 is 4.74 Å². The Morgan fingerprint density at radius 1 is 1.26 bits per heavy atom. The maximum absolute atomic E-state index is 11.3. The number of rotatable bonds is 2. The summed E-state index contributed by atoms with van der Waals surface area (Å²) in [7, 11) is 0. The molecule has 5 heteroatoms. The summed E-state index contributed by atoms with van der Waals surface area (Å²) in [5.41, 5.74) is 1.96. The number of anilines is 1. The summed E-state index contributed by atoms with van der Waals surface area (Å²) in [4.78, 5) is 11.3. The summed E-state index contributed by atoms with van der Waals surface area (Å²) >= 11 is 6.34. The average Bonchev–Trinajstić information content (AvgIpc) is 2.47. The first kappa shape index (κ1) is 12.9. The molecule has 4 nitrogen and oxygen atoms in total. The highest BCUT2D eigenvalue weighted by molar-refractivity contribution is 6.33. The summed E-state index contributed by atoms with van der Waals surface area (Å²) in [5, 5.41) is 4.80. The van der Waals surface area contributed by atoms with Crippen LogP contribution >= 0.6 is 11.6 Å². The molecule has 19 heavy (non-hydrogen) atoms. The number of nitrogens with zero attached hydrogens (tertiary/aromatic N) is 2. The van der Waals surface area contributed by atoms with Gasteiger partial charge in [-0.3, -0.25) is 9.80 Å². The van der Waals surface area contributed by atoms with Gasteiger partial charge in [0.2, 0.25) is 6.23 Å². The summed E-state index contributed by atoms with van der Waals surface area (Å²) < 4.78 is 5.63. The molecule has 0 radical (unpaired) electrons. The molecule has 0 spiro atoms. The van der Waals surface area contributed by atoms with E-state index in [2.05, 4.69) is 5.01 Å². The third-order valence-electron chi connectivity index (χ3n) is 3.70. The van der Waals surface area contributed by atoms with Gasteiger partial charge in [-0.05, 0) is 18.9 Å². The summed E-state index contributed by atoms with van der Waals surface area (Å²) in [6.45, 7) is 2.32. The van der Waals surface area contributed by atoms with E-state index >= 15 is 0 Å². The Morgan fingerprint density at radius 2 is 2.05 bits per heavy atom. The third-order valence-corrected chi connectivity index (χ3v) is 4.01. The van der Waals surface area contributed by atoms with E-state index in [1.54, 1.807) is 0 Å². The number of halogens is 1. The summed E-state index contributed by atoms with van der Waals surface area (Å²) in [6.07, 6.45) is 3.81. The zero-order valence-corrected chi connectivity index (χ0v) is 11.5. The molecule has 0 aliphatic carbocycles. The van der Waals surface area contributed by atoms with E-state index in [9.17, 15) is 4.79 Å². The zero-order valence-electron chi connectivity index (χ0n) is 10.7. The van der Waals surface area contributed by atoms with Crippen LogP contribution in [0.5, 0.6) is 0 Å². The minimum absolute atomic E-state index is 0.434. The molecule has 1 saturated heterocycles. The Morgan fingerprint density at radius 3 is 2.79 bits per heavy atom. The van der Waals surface area contributed by atoms with Crippen LogP contribution in [0.15, 0.2) is 18.2 Å². The first-order chi connectivity index (χ1) is 9.31. The number of hydrazine groups is 1. The number of ether oxygens (including phenoxy) is 1. The lowest BCUT2D eigenvalue weighted by atomic mass is 10.1. The predicted molar refractivity (Wildman–Crippen MR) is 74.0 cm³/mol. The van der Waals surface area contributed by atoms with Crippen LogP contribution in [0.4, 0.5) is 5.69 Å². The van der Waals surface area contributed by atoms with Gasteiger partial charge in [-0.15, -0.1) is 0 Å². The molecule has 0 bridgehead atoms. The average molecular weight is 281 g/mol. The Balaban J connectivity index is 2.01. The highest BCUT2D eigenvalue weighted by Crippen LogP contribution is 2.37. The molecule has 1 aromatic rings. The number of para-hydroxylation sites is 1. The fraction of sp³-hybridized carbons (Fsp3) is 0.500. The third kappa shape index (κ3) is 2.36. The normalized spacial score (nSPS) is 24.1. The molecule has 2 aliphatic heterocycles. The van der Waals surface area contributed by atoms with E-state index in [-0.39, 0.29) is 0 Å². The van der Waals surface area contributed by atoms with E-state index in [4.69, 9.17) is 16.3 Å². The smallest absolute Gasteiger partial charge is 0.200 e. The van der Waals surface area contributed by atoms with E-state index in [0.717, 1.165) is 43.5 Å². The van der Waals surface area contributed by atoms with E-state index in [1.165, 1.54) is 6.42 Å².